The number of anilines is 2. The number of nitrogens with zero attached hydrogens (tertiary/aromatic N) is 4. The minimum atomic E-state index is -3.89. The summed E-state index contributed by atoms with van der Waals surface area (Å²) in [7, 11) is -3.89. The molecule has 0 amide bonds. The first-order chi connectivity index (χ1) is 16.6. The lowest BCUT2D eigenvalue weighted by atomic mass is 9.97. The van der Waals surface area contributed by atoms with E-state index in [0.29, 0.717) is 40.1 Å². The van der Waals surface area contributed by atoms with Gasteiger partial charge in [-0.05, 0) is 50.6 Å². The van der Waals surface area contributed by atoms with Crippen LogP contribution in [0.4, 0.5) is 15.9 Å². The van der Waals surface area contributed by atoms with E-state index in [9.17, 15) is 12.8 Å². The lowest BCUT2D eigenvalue weighted by Gasteiger charge is -2.47. The van der Waals surface area contributed by atoms with Crippen molar-refractivity contribution in [2.24, 2.45) is 5.14 Å². The summed E-state index contributed by atoms with van der Waals surface area (Å²) in [6.45, 7) is 7.10. The SMILES string of the molecule is CCC1CN(c2ncc(NS(N)(=O)=O)cc2Cl)CCN1C1CCN(Cc2ccc(Cl)cc2F)CC1. The number of hydrogen-bond acceptors (Lipinski definition) is 6. The molecule has 0 spiro atoms. The third kappa shape index (κ3) is 6.75. The van der Waals surface area contributed by atoms with Crippen molar-refractivity contribution in [2.45, 2.75) is 44.8 Å². The topological polar surface area (TPSA) is 94.8 Å². The first-order valence-corrected chi connectivity index (χ1v) is 14.1. The van der Waals surface area contributed by atoms with Crippen LogP contribution in [-0.4, -0.2) is 68.0 Å². The predicted molar refractivity (Wildman–Crippen MR) is 139 cm³/mol. The molecule has 1 aromatic heterocycles. The monoisotopic (exact) mass is 544 g/mol. The Morgan fingerprint density at radius 1 is 1.17 bits per heavy atom. The van der Waals surface area contributed by atoms with E-state index in [1.54, 1.807) is 12.1 Å². The molecule has 3 N–H and O–H groups in total. The molecule has 0 aliphatic carbocycles. The second kappa shape index (κ2) is 11.1. The molecular weight excluding hydrogens is 514 g/mol. The normalized spacial score (nSPS) is 20.8. The molecule has 1 atom stereocenters. The summed E-state index contributed by atoms with van der Waals surface area (Å²) in [6.07, 6.45) is 4.50. The average molecular weight is 546 g/mol. The molecule has 0 saturated carbocycles. The van der Waals surface area contributed by atoms with E-state index >= 15 is 0 Å². The third-order valence-electron chi connectivity index (χ3n) is 6.82. The lowest BCUT2D eigenvalue weighted by Crippen LogP contribution is -2.58. The molecule has 2 aromatic rings. The van der Waals surface area contributed by atoms with E-state index in [-0.39, 0.29) is 11.5 Å². The molecule has 3 heterocycles. The van der Waals surface area contributed by atoms with Crippen molar-refractivity contribution >= 4 is 44.9 Å². The van der Waals surface area contributed by atoms with Crippen molar-refractivity contribution in [1.29, 1.82) is 0 Å². The molecule has 2 aliphatic heterocycles. The fourth-order valence-electron chi connectivity index (χ4n) is 5.09. The van der Waals surface area contributed by atoms with Crippen molar-refractivity contribution in [3.63, 3.8) is 0 Å². The molecule has 0 radical (unpaired) electrons. The van der Waals surface area contributed by atoms with Crippen LogP contribution in [0, 0.1) is 5.82 Å². The van der Waals surface area contributed by atoms with Gasteiger partial charge in [-0.15, -0.1) is 0 Å². The van der Waals surface area contributed by atoms with Gasteiger partial charge in [-0.3, -0.25) is 14.5 Å². The van der Waals surface area contributed by atoms with Crippen LogP contribution in [0.15, 0.2) is 30.5 Å². The first kappa shape index (κ1) is 26.4. The van der Waals surface area contributed by atoms with Gasteiger partial charge < -0.3 is 4.90 Å². The van der Waals surface area contributed by atoms with Gasteiger partial charge in [0.25, 0.3) is 10.2 Å². The molecule has 2 aliphatic rings. The highest BCUT2D eigenvalue weighted by Gasteiger charge is 2.34. The Balaban J connectivity index is 1.34. The van der Waals surface area contributed by atoms with E-state index in [1.807, 2.05) is 0 Å². The van der Waals surface area contributed by atoms with Crippen LogP contribution in [-0.2, 0) is 16.8 Å². The Morgan fingerprint density at radius 3 is 2.54 bits per heavy atom. The van der Waals surface area contributed by atoms with Gasteiger partial charge in [0.2, 0.25) is 0 Å². The van der Waals surface area contributed by atoms with Crippen molar-refractivity contribution in [3.05, 3.63) is 51.9 Å². The maximum atomic E-state index is 14.2. The van der Waals surface area contributed by atoms with Crippen molar-refractivity contribution in [3.8, 4) is 0 Å². The number of hydrogen-bond donors (Lipinski definition) is 2. The Kier molecular flexibility index (Phi) is 8.40. The molecule has 8 nitrogen and oxygen atoms in total. The van der Waals surface area contributed by atoms with Crippen LogP contribution in [0.3, 0.4) is 0 Å². The Bertz CT molecular complexity index is 1150. The van der Waals surface area contributed by atoms with Gasteiger partial charge in [-0.2, -0.15) is 8.42 Å². The van der Waals surface area contributed by atoms with Gasteiger partial charge in [0, 0.05) is 48.8 Å². The number of benzene rings is 1. The number of aromatic nitrogens is 1. The van der Waals surface area contributed by atoms with Crippen molar-refractivity contribution < 1.29 is 12.8 Å². The summed E-state index contributed by atoms with van der Waals surface area (Å²) < 4.78 is 38.9. The Morgan fingerprint density at radius 2 is 1.91 bits per heavy atom. The number of halogens is 3. The molecule has 2 saturated heterocycles. The van der Waals surface area contributed by atoms with Gasteiger partial charge in [0.1, 0.15) is 11.6 Å². The van der Waals surface area contributed by atoms with Gasteiger partial charge in [-0.25, -0.2) is 14.5 Å². The van der Waals surface area contributed by atoms with Gasteiger partial charge in [0.05, 0.1) is 16.9 Å². The summed E-state index contributed by atoms with van der Waals surface area (Å²) in [5.41, 5.74) is 0.916. The average Bonchev–Trinajstić information content (AvgIpc) is 2.80. The standard InChI is InChI=1S/C23H31Cl2FN6O2S/c1-2-19-15-31(23-21(25)12-18(13-28-23)29-35(27,33)34)9-10-32(19)20-5-7-30(8-6-20)14-16-3-4-17(24)11-22(16)26/h3-4,11-13,19-20,29H,2,5-10,14-15H2,1H3,(H2,27,33,34). The lowest BCUT2D eigenvalue weighted by molar-refractivity contribution is 0.0607. The smallest absolute Gasteiger partial charge is 0.296 e. The Labute approximate surface area is 216 Å². The van der Waals surface area contributed by atoms with Crippen molar-refractivity contribution in [1.82, 2.24) is 14.8 Å². The van der Waals surface area contributed by atoms with E-state index in [1.165, 1.54) is 18.3 Å². The number of nitrogens with two attached hydrogens (primary N) is 1. The fourth-order valence-corrected chi connectivity index (χ4v) is 5.97. The summed E-state index contributed by atoms with van der Waals surface area (Å²) in [5, 5.41) is 5.83. The zero-order valence-electron chi connectivity index (χ0n) is 19.6. The molecule has 2 fully saturated rings. The second-order valence-corrected chi connectivity index (χ2v) is 11.3. The third-order valence-corrected chi connectivity index (χ3v) is 7.85. The largest absolute Gasteiger partial charge is 0.353 e. The number of likely N-dealkylation sites (tertiary alicyclic amines) is 1. The molecule has 12 heteroatoms. The highest BCUT2D eigenvalue weighted by Crippen LogP contribution is 2.31. The van der Waals surface area contributed by atoms with Crippen molar-refractivity contribution in [2.75, 3.05) is 42.3 Å². The van der Waals surface area contributed by atoms with Crippen LogP contribution in [0.25, 0.3) is 0 Å². The summed E-state index contributed by atoms with van der Waals surface area (Å²) in [5.74, 6) is 0.395. The van der Waals surface area contributed by atoms with E-state index in [0.717, 1.165) is 52.0 Å². The van der Waals surface area contributed by atoms with Crippen LogP contribution in [0.2, 0.25) is 10.0 Å². The molecule has 1 unspecified atom stereocenters. The van der Waals surface area contributed by atoms with E-state index < -0.39 is 10.2 Å². The maximum Gasteiger partial charge on any atom is 0.296 e. The molecule has 192 valence electrons. The highest BCUT2D eigenvalue weighted by molar-refractivity contribution is 7.90. The fraction of sp³-hybridized carbons (Fsp3) is 0.522. The molecule has 35 heavy (non-hydrogen) atoms. The number of pyridine rings is 1. The molecule has 1 aromatic carbocycles. The maximum absolute atomic E-state index is 14.2. The van der Waals surface area contributed by atoms with Gasteiger partial charge in [-0.1, -0.05) is 36.2 Å². The number of rotatable bonds is 7. The van der Waals surface area contributed by atoms with Crippen LogP contribution in [0.1, 0.15) is 31.7 Å². The van der Waals surface area contributed by atoms with E-state index in [4.69, 9.17) is 28.3 Å². The van der Waals surface area contributed by atoms with E-state index in [2.05, 4.69) is 31.3 Å². The zero-order valence-corrected chi connectivity index (χ0v) is 22.0. The quantitative estimate of drug-likeness (QED) is 0.551. The summed E-state index contributed by atoms with van der Waals surface area (Å²) >= 11 is 12.3. The molecule has 4 rings (SSSR count). The predicted octanol–water partition coefficient (Wildman–Crippen LogP) is 3.71. The zero-order chi connectivity index (χ0) is 25.2. The Hall–Kier alpha value is -1.69. The van der Waals surface area contributed by atoms with Crippen LogP contribution >= 0.6 is 23.2 Å². The minimum Gasteiger partial charge on any atom is -0.353 e. The number of piperidine rings is 1. The number of piperazine rings is 1. The second-order valence-electron chi connectivity index (χ2n) is 9.17. The van der Waals surface area contributed by atoms with Crippen LogP contribution < -0.4 is 14.8 Å². The molecule has 0 bridgehead atoms. The number of nitrogens with one attached hydrogen (secondary N) is 1. The summed E-state index contributed by atoms with van der Waals surface area (Å²) in [4.78, 5) is 11.5. The summed E-state index contributed by atoms with van der Waals surface area (Å²) in [6, 6.07) is 7.25. The molecular formula is C23H31Cl2FN6O2S. The van der Waals surface area contributed by atoms with Gasteiger partial charge >= 0.3 is 0 Å². The minimum absolute atomic E-state index is 0.233. The highest BCUT2D eigenvalue weighted by atomic mass is 35.5. The van der Waals surface area contributed by atoms with Crippen LogP contribution in [0.5, 0.6) is 0 Å². The van der Waals surface area contributed by atoms with Gasteiger partial charge in [0.15, 0.2) is 0 Å². The first-order valence-electron chi connectivity index (χ1n) is 11.8.